The van der Waals surface area contributed by atoms with Crippen LogP contribution in [0, 0.1) is 11.2 Å². The Kier molecular flexibility index (Phi) is 7.32. The van der Waals surface area contributed by atoms with Gasteiger partial charge in [0.05, 0.1) is 27.4 Å². The van der Waals surface area contributed by atoms with Gasteiger partial charge in [-0.25, -0.2) is 4.39 Å². The molecule has 1 saturated carbocycles. The number of carbonyl (C=O) groups excluding carboxylic acids is 2. The zero-order valence-corrected chi connectivity index (χ0v) is 21.4. The lowest BCUT2D eigenvalue weighted by Gasteiger charge is -2.13. The highest BCUT2D eigenvalue weighted by atomic mass is 32.1. The molecule has 0 bridgehead atoms. The molecule has 2 amide bonds. The number of rotatable bonds is 11. The minimum atomic E-state index is -1.19. The summed E-state index contributed by atoms with van der Waals surface area (Å²) < 4.78 is 26.6. The first-order chi connectivity index (χ1) is 18.4. The highest BCUT2D eigenvalue weighted by Gasteiger charge is 2.55. The number of methoxy groups -OCH3 is 1. The first-order valence-corrected chi connectivity index (χ1v) is 12.8. The summed E-state index contributed by atoms with van der Waals surface area (Å²) in [6.07, 6.45) is 4.21. The van der Waals surface area contributed by atoms with Crippen molar-refractivity contribution in [2.24, 2.45) is 11.1 Å². The zero-order chi connectivity index (χ0) is 26.7. The van der Waals surface area contributed by atoms with Gasteiger partial charge in [-0.15, -0.1) is 11.3 Å². The van der Waals surface area contributed by atoms with Crippen molar-refractivity contribution in [2.75, 3.05) is 25.6 Å². The predicted octanol–water partition coefficient (Wildman–Crippen LogP) is 4.23. The Bertz CT molecular complexity index is 1490. The van der Waals surface area contributed by atoms with E-state index in [-0.39, 0.29) is 11.4 Å². The minimum absolute atomic E-state index is 0.00932. The molecule has 1 aliphatic carbocycles. The lowest BCUT2D eigenvalue weighted by atomic mass is 10.1. The van der Waals surface area contributed by atoms with Gasteiger partial charge in [0.25, 0.3) is 0 Å². The molecule has 0 saturated heterocycles. The van der Waals surface area contributed by atoms with Gasteiger partial charge in [-0.3, -0.25) is 19.6 Å². The van der Waals surface area contributed by atoms with Gasteiger partial charge in [0, 0.05) is 50.4 Å². The zero-order valence-electron chi connectivity index (χ0n) is 20.6. The van der Waals surface area contributed by atoms with Gasteiger partial charge in [-0.2, -0.15) is 0 Å². The number of hydrogen-bond acceptors (Lipinski definition) is 8. The second-order valence-corrected chi connectivity index (χ2v) is 10.1. The molecule has 0 radical (unpaired) electrons. The number of pyridine rings is 2. The topological polar surface area (TPSA) is 128 Å². The quantitative estimate of drug-likeness (QED) is 0.194. The van der Waals surface area contributed by atoms with Crippen molar-refractivity contribution in [3.05, 3.63) is 66.2 Å². The SMILES string of the molecule is COCCNCc1ccc(-c2cc3nccc(Oc4ccc(NC(=O)C5(C(N)=O)CC5)cc4F)c3s2)nc1. The lowest BCUT2D eigenvalue weighted by molar-refractivity contribution is -0.132. The number of benzene rings is 1. The number of carbonyl (C=O) groups is 2. The number of hydrogen-bond donors (Lipinski definition) is 3. The molecule has 1 aliphatic rings. The summed E-state index contributed by atoms with van der Waals surface area (Å²) in [5, 5.41) is 5.86. The fourth-order valence-corrected chi connectivity index (χ4v) is 4.99. The third kappa shape index (κ3) is 5.35. The number of amides is 2. The summed E-state index contributed by atoms with van der Waals surface area (Å²) >= 11 is 1.45. The van der Waals surface area contributed by atoms with Crippen molar-refractivity contribution < 1.29 is 23.5 Å². The molecule has 0 aliphatic heterocycles. The van der Waals surface area contributed by atoms with Crippen LogP contribution in [0.3, 0.4) is 0 Å². The highest BCUT2D eigenvalue weighted by molar-refractivity contribution is 7.22. The number of nitrogens with one attached hydrogen (secondary N) is 2. The first kappa shape index (κ1) is 25.7. The number of halogens is 1. The molecule has 0 unspecified atom stereocenters. The molecule has 11 heteroatoms. The predicted molar refractivity (Wildman–Crippen MR) is 142 cm³/mol. The van der Waals surface area contributed by atoms with E-state index in [9.17, 15) is 14.0 Å². The van der Waals surface area contributed by atoms with E-state index < -0.39 is 23.0 Å². The standard InChI is InChI=1S/C27H26FN5O4S/c1-36-11-10-30-14-16-2-4-19(32-15-16)23-13-20-24(38-23)22(6-9-31-20)37-21-5-3-17(12-18(21)28)33-26(35)27(7-8-27)25(29)34/h2-6,9,12-13,15,30H,7-8,10-11,14H2,1H3,(H2,29,34)(H,33,35). The van der Waals surface area contributed by atoms with Crippen molar-refractivity contribution >= 4 is 39.1 Å². The third-order valence-corrected chi connectivity index (χ3v) is 7.49. The van der Waals surface area contributed by atoms with Crippen LogP contribution in [-0.2, 0) is 20.9 Å². The monoisotopic (exact) mass is 535 g/mol. The molecule has 4 aromatic rings. The Labute approximate surface area is 222 Å². The van der Waals surface area contributed by atoms with Gasteiger partial charge in [0.1, 0.15) is 11.2 Å². The van der Waals surface area contributed by atoms with E-state index in [1.807, 2.05) is 24.4 Å². The summed E-state index contributed by atoms with van der Waals surface area (Å²) in [5.41, 5.74) is 6.93. The fraction of sp³-hybridized carbons (Fsp3) is 0.259. The van der Waals surface area contributed by atoms with E-state index in [2.05, 4.69) is 20.6 Å². The Balaban J connectivity index is 1.30. The molecule has 38 heavy (non-hydrogen) atoms. The van der Waals surface area contributed by atoms with Crippen molar-refractivity contribution in [1.82, 2.24) is 15.3 Å². The number of ether oxygens (including phenoxy) is 2. The van der Waals surface area contributed by atoms with Crippen LogP contribution in [0.1, 0.15) is 18.4 Å². The second kappa shape index (κ2) is 10.8. The van der Waals surface area contributed by atoms with E-state index in [1.165, 1.54) is 23.5 Å². The van der Waals surface area contributed by atoms with Crippen LogP contribution in [-0.4, -0.2) is 42.0 Å². The second-order valence-electron chi connectivity index (χ2n) is 9.00. The highest BCUT2D eigenvalue weighted by Crippen LogP contribution is 2.46. The number of nitrogens with zero attached hydrogens (tertiary/aromatic N) is 2. The summed E-state index contributed by atoms with van der Waals surface area (Å²) in [6, 6.07) is 11.7. The first-order valence-electron chi connectivity index (χ1n) is 12.0. The number of nitrogens with two attached hydrogens (primary N) is 1. The molecule has 9 nitrogen and oxygen atoms in total. The van der Waals surface area contributed by atoms with Crippen LogP contribution >= 0.6 is 11.3 Å². The van der Waals surface area contributed by atoms with Crippen molar-refractivity contribution in [3.8, 4) is 22.1 Å². The molecular weight excluding hydrogens is 509 g/mol. The van der Waals surface area contributed by atoms with E-state index in [0.29, 0.717) is 37.3 Å². The van der Waals surface area contributed by atoms with Gasteiger partial charge in [-0.1, -0.05) is 6.07 Å². The minimum Gasteiger partial charge on any atom is -0.453 e. The van der Waals surface area contributed by atoms with E-state index in [0.717, 1.165) is 33.4 Å². The Morgan fingerprint density at radius 1 is 1.13 bits per heavy atom. The molecular formula is C27H26FN5O4S. The number of primary amides is 1. The van der Waals surface area contributed by atoms with Crippen LogP contribution in [0.2, 0.25) is 0 Å². The fourth-order valence-electron chi connectivity index (χ4n) is 3.94. The number of anilines is 1. The van der Waals surface area contributed by atoms with Gasteiger partial charge in [-0.05, 0) is 42.7 Å². The third-order valence-electron chi connectivity index (χ3n) is 6.33. The lowest BCUT2D eigenvalue weighted by Crippen LogP contribution is -2.36. The molecule has 5 rings (SSSR count). The van der Waals surface area contributed by atoms with Gasteiger partial charge >= 0.3 is 0 Å². The van der Waals surface area contributed by atoms with Crippen LogP contribution in [0.4, 0.5) is 10.1 Å². The van der Waals surface area contributed by atoms with Crippen LogP contribution in [0.5, 0.6) is 11.5 Å². The number of thiophene rings is 1. The largest absolute Gasteiger partial charge is 0.453 e. The molecule has 3 aromatic heterocycles. The van der Waals surface area contributed by atoms with E-state index in [4.69, 9.17) is 15.2 Å². The molecule has 3 heterocycles. The van der Waals surface area contributed by atoms with E-state index in [1.54, 1.807) is 19.4 Å². The van der Waals surface area contributed by atoms with Crippen LogP contribution in [0.15, 0.2) is 54.9 Å². The normalized spacial score (nSPS) is 13.8. The summed E-state index contributed by atoms with van der Waals surface area (Å²) in [4.78, 5) is 33.9. The van der Waals surface area contributed by atoms with Gasteiger partial charge in [0.2, 0.25) is 11.8 Å². The molecule has 0 atom stereocenters. The molecule has 4 N–H and O–H groups in total. The maximum atomic E-state index is 14.9. The van der Waals surface area contributed by atoms with Crippen molar-refractivity contribution in [2.45, 2.75) is 19.4 Å². The van der Waals surface area contributed by atoms with Crippen molar-refractivity contribution in [1.29, 1.82) is 0 Å². The average Bonchev–Trinajstić information content (AvgIpc) is 3.62. The number of fused-ring (bicyclic) bond motifs is 1. The van der Waals surface area contributed by atoms with Crippen LogP contribution < -0.4 is 21.1 Å². The Hall–Kier alpha value is -3.93. The Morgan fingerprint density at radius 3 is 2.66 bits per heavy atom. The summed E-state index contributed by atoms with van der Waals surface area (Å²) in [6.45, 7) is 2.10. The smallest absolute Gasteiger partial charge is 0.240 e. The molecule has 0 spiro atoms. The van der Waals surface area contributed by atoms with Gasteiger partial charge < -0.3 is 25.8 Å². The summed E-state index contributed by atoms with van der Waals surface area (Å²) in [5.74, 6) is -1.42. The molecule has 1 aromatic carbocycles. The van der Waals surface area contributed by atoms with E-state index >= 15 is 0 Å². The average molecular weight is 536 g/mol. The van der Waals surface area contributed by atoms with Gasteiger partial charge in [0.15, 0.2) is 11.6 Å². The van der Waals surface area contributed by atoms with Crippen molar-refractivity contribution in [3.63, 3.8) is 0 Å². The van der Waals surface area contributed by atoms with Crippen LogP contribution in [0.25, 0.3) is 20.8 Å². The number of aromatic nitrogens is 2. The molecule has 196 valence electrons. The molecule has 1 fully saturated rings. The maximum Gasteiger partial charge on any atom is 0.240 e. The maximum absolute atomic E-state index is 14.9. The Morgan fingerprint density at radius 2 is 1.97 bits per heavy atom. The summed E-state index contributed by atoms with van der Waals surface area (Å²) in [7, 11) is 1.67.